The maximum Gasteiger partial charge on any atom is 0.266 e. The Morgan fingerprint density at radius 1 is 1.28 bits per heavy atom. The number of hydrogen-bond donors (Lipinski definition) is 0. The standard InChI is InChI=1S/C24H26ClN3O3S/c1-15-6-9-21(31-3)20(11-15)28-23(30)18-8-7-17(25)12-19(18)26-24(28)32-14-22(29)27-10-4-5-16(2)13-27/h6-9,11-12,16H,4-5,10,13-14H2,1-3H3. The third-order valence-corrected chi connectivity index (χ3v) is 6.87. The van der Waals surface area contributed by atoms with Crippen LogP contribution < -0.4 is 10.3 Å². The number of halogens is 1. The second kappa shape index (κ2) is 9.55. The molecule has 1 fully saturated rings. The van der Waals surface area contributed by atoms with Crippen LogP contribution in [-0.4, -0.2) is 46.3 Å². The molecule has 168 valence electrons. The van der Waals surface area contributed by atoms with Crippen molar-refractivity contribution >= 4 is 40.2 Å². The molecule has 8 heteroatoms. The fourth-order valence-electron chi connectivity index (χ4n) is 4.06. The zero-order valence-electron chi connectivity index (χ0n) is 18.4. The number of thioether (sulfide) groups is 1. The van der Waals surface area contributed by atoms with Gasteiger partial charge in [-0.15, -0.1) is 0 Å². The van der Waals surface area contributed by atoms with Crippen molar-refractivity contribution in [2.75, 3.05) is 26.0 Å². The van der Waals surface area contributed by atoms with Crippen LogP contribution in [-0.2, 0) is 4.79 Å². The Bertz CT molecular complexity index is 1230. The zero-order chi connectivity index (χ0) is 22.8. The monoisotopic (exact) mass is 471 g/mol. The predicted octanol–water partition coefficient (Wildman–Crippen LogP) is 4.71. The van der Waals surface area contributed by atoms with E-state index in [9.17, 15) is 9.59 Å². The molecule has 0 saturated carbocycles. The Kier molecular flexibility index (Phi) is 6.76. The number of fused-ring (bicyclic) bond motifs is 1. The number of likely N-dealkylation sites (tertiary alicyclic amines) is 1. The number of amides is 1. The van der Waals surface area contributed by atoms with Gasteiger partial charge in [-0.1, -0.05) is 36.4 Å². The first-order valence-corrected chi connectivity index (χ1v) is 12.0. The molecule has 2 heterocycles. The van der Waals surface area contributed by atoms with Crippen molar-refractivity contribution in [3.8, 4) is 11.4 Å². The van der Waals surface area contributed by atoms with Gasteiger partial charge >= 0.3 is 0 Å². The van der Waals surface area contributed by atoms with Gasteiger partial charge in [-0.25, -0.2) is 4.98 Å². The van der Waals surface area contributed by atoms with E-state index in [2.05, 4.69) is 6.92 Å². The van der Waals surface area contributed by atoms with Crippen LogP contribution in [0, 0.1) is 12.8 Å². The Morgan fingerprint density at radius 3 is 2.84 bits per heavy atom. The molecule has 32 heavy (non-hydrogen) atoms. The topological polar surface area (TPSA) is 64.4 Å². The maximum absolute atomic E-state index is 13.5. The van der Waals surface area contributed by atoms with Gasteiger partial charge in [0.25, 0.3) is 5.56 Å². The summed E-state index contributed by atoms with van der Waals surface area (Å²) in [4.78, 5) is 33.1. The molecule has 2 aromatic carbocycles. The summed E-state index contributed by atoms with van der Waals surface area (Å²) >= 11 is 7.42. The molecule has 0 bridgehead atoms. The van der Waals surface area contributed by atoms with Gasteiger partial charge in [0.2, 0.25) is 5.91 Å². The molecular weight excluding hydrogens is 446 g/mol. The Hall–Kier alpha value is -2.51. The third kappa shape index (κ3) is 4.64. The average molecular weight is 472 g/mol. The number of benzene rings is 2. The van der Waals surface area contributed by atoms with Crippen molar-refractivity contribution in [3.05, 3.63) is 57.3 Å². The first-order valence-electron chi connectivity index (χ1n) is 10.6. The maximum atomic E-state index is 13.5. The van der Waals surface area contributed by atoms with E-state index in [1.807, 2.05) is 30.0 Å². The first-order chi connectivity index (χ1) is 15.4. The lowest BCUT2D eigenvalue weighted by Crippen LogP contribution is -2.40. The van der Waals surface area contributed by atoms with Gasteiger partial charge in [0.15, 0.2) is 5.16 Å². The highest BCUT2D eigenvalue weighted by Crippen LogP contribution is 2.29. The third-order valence-electron chi connectivity index (χ3n) is 5.71. The number of carbonyl (C=O) groups excluding carboxylic acids is 1. The number of rotatable bonds is 5. The minimum atomic E-state index is -0.225. The average Bonchev–Trinajstić information content (AvgIpc) is 2.77. The minimum absolute atomic E-state index is 0.0600. The van der Waals surface area contributed by atoms with Crippen LogP contribution in [0.2, 0.25) is 5.02 Å². The summed E-state index contributed by atoms with van der Waals surface area (Å²) in [6.07, 6.45) is 2.17. The second-order valence-electron chi connectivity index (χ2n) is 8.25. The van der Waals surface area contributed by atoms with Crippen molar-refractivity contribution in [1.29, 1.82) is 0 Å². The number of methoxy groups -OCH3 is 1. The Morgan fingerprint density at radius 2 is 2.09 bits per heavy atom. The Labute approximate surface area is 196 Å². The predicted molar refractivity (Wildman–Crippen MR) is 129 cm³/mol. The van der Waals surface area contributed by atoms with E-state index < -0.39 is 0 Å². The van der Waals surface area contributed by atoms with Gasteiger partial charge in [-0.05, 0) is 61.6 Å². The summed E-state index contributed by atoms with van der Waals surface area (Å²) in [5.41, 5.74) is 1.87. The number of nitrogens with zero attached hydrogens (tertiary/aromatic N) is 3. The summed E-state index contributed by atoms with van der Waals surface area (Å²) < 4.78 is 7.08. The number of aryl methyl sites for hydroxylation is 1. The van der Waals surface area contributed by atoms with Crippen molar-refractivity contribution in [2.24, 2.45) is 5.92 Å². The van der Waals surface area contributed by atoms with Gasteiger partial charge in [0.05, 0.1) is 29.5 Å². The van der Waals surface area contributed by atoms with Gasteiger partial charge in [0.1, 0.15) is 5.75 Å². The molecule has 1 atom stereocenters. The normalized spacial score (nSPS) is 16.4. The molecule has 0 radical (unpaired) electrons. The number of aromatic nitrogens is 2. The molecule has 0 aliphatic carbocycles. The lowest BCUT2D eigenvalue weighted by atomic mass is 10.0. The van der Waals surface area contributed by atoms with Crippen molar-refractivity contribution in [2.45, 2.75) is 31.8 Å². The summed E-state index contributed by atoms with van der Waals surface area (Å²) in [7, 11) is 1.57. The van der Waals surface area contributed by atoms with Crippen LogP contribution in [0.1, 0.15) is 25.3 Å². The van der Waals surface area contributed by atoms with Crippen molar-refractivity contribution in [3.63, 3.8) is 0 Å². The molecular formula is C24H26ClN3O3S. The highest BCUT2D eigenvalue weighted by Gasteiger charge is 2.23. The van der Waals surface area contributed by atoms with Gasteiger partial charge in [-0.2, -0.15) is 0 Å². The van der Waals surface area contributed by atoms with Crippen LogP contribution in [0.4, 0.5) is 0 Å². The lowest BCUT2D eigenvalue weighted by Gasteiger charge is -2.30. The number of hydrogen-bond acceptors (Lipinski definition) is 5. The molecule has 6 nitrogen and oxygen atoms in total. The highest BCUT2D eigenvalue weighted by molar-refractivity contribution is 7.99. The van der Waals surface area contributed by atoms with E-state index in [0.29, 0.717) is 38.4 Å². The molecule has 1 unspecified atom stereocenters. The number of carbonyl (C=O) groups is 1. The van der Waals surface area contributed by atoms with Crippen LogP contribution in [0.15, 0.2) is 46.3 Å². The molecule has 0 spiro atoms. The smallest absolute Gasteiger partial charge is 0.266 e. The number of ether oxygens (including phenoxy) is 1. The molecule has 1 aliphatic heterocycles. The van der Waals surface area contributed by atoms with Gasteiger partial charge in [0, 0.05) is 18.1 Å². The van der Waals surface area contributed by atoms with E-state index >= 15 is 0 Å². The molecule has 1 amide bonds. The van der Waals surface area contributed by atoms with Gasteiger partial charge < -0.3 is 9.64 Å². The summed E-state index contributed by atoms with van der Waals surface area (Å²) in [6, 6.07) is 10.7. The van der Waals surface area contributed by atoms with Crippen LogP contribution >= 0.6 is 23.4 Å². The molecule has 3 aromatic rings. The summed E-state index contributed by atoms with van der Waals surface area (Å²) in [6.45, 7) is 5.68. The summed E-state index contributed by atoms with van der Waals surface area (Å²) in [5, 5.41) is 1.40. The molecule has 1 aromatic heterocycles. The van der Waals surface area contributed by atoms with Crippen LogP contribution in [0.3, 0.4) is 0 Å². The molecule has 1 aliphatic rings. The first kappa shape index (κ1) is 22.7. The van der Waals surface area contributed by atoms with E-state index in [0.717, 1.165) is 31.5 Å². The van der Waals surface area contributed by atoms with Crippen LogP contribution in [0.5, 0.6) is 5.75 Å². The van der Waals surface area contributed by atoms with Gasteiger partial charge in [-0.3, -0.25) is 14.2 Å². The van der Waals surface area contributed by atoms with Crippen LogP contribution in [0.25, 0.3) is 16.6 Å². The van der Waals surface area contributed by atoms with E-state index in [1.54, 1.807) is 29.9 Å². The lowest BCUT2D eigenvalue weighted by molar-refractivity contribution is -0.130. The zero-order valence-corrected chi connectivity index (χ0v) is 20.0. The SMILES string of the molecule is COc1ccc(C)cc1-n1c(SCC(=O)N2CCCC(C)C2)nc2cc(Cl)ccc2c1=O. The van der Waals surface area contributed by atoms with E-state index in [4.69, 9.17) is 21.3 Å². The fraction of sp³-hybridized carbons (Fsp3) is 0.375. The molecule has 0 N–H and O–H groups in total. The fourth-order valence-corrected chi connectivity index (χ4v) is 5.13. The minimum Gasteiger partial charge on any atom is -0.495 e. The van der Waals surface area contributed by atoms with E-state index in [1.165, 1.54) is 11.8 Å². The van der Waals surface area contributed by atoms with Crippen molar-refractivity contribution < 1.29 is 9.53 Å². The number of piperidine rings is 1. The molecule has 1 saturated heterocycles. The quantitative estimate of drug-likeness (QED) is 0.398. The Balaban J connectivity index is 1.78. The highest BCUT2D eigenvalue weighted by atomic mass is 35.5. The second-order valence-corrected chi connectivity index (χ2v) is 9.63. The van der Waals surface area contributed by atoms with Crippen molar-refractivity contribution in [1.82, 2.24) is 14.5 Å². The largest absolute Gasteiger partial charge is 0.495 e. The summed E-state index contributed by atoms with van der Waals surface area (Å²) in [5.74, 6) is 1.34. The van der Waals surface area contributed by atoms with E-state index in [-0.39, 0.29) is 17.2 Å². The molecule has 4 rings (SSSR count).